The molecule has 0 unspecified atom stereocenters. The van der Waals surface area contributed by atoms with E-state index in [0.29, 0.717) is 0 Å². The van der Waals surface area contributed by atoms with E-state index in [-0.39, 0.29) is 0 Å². The molecule has 1 aliphatic carbocycles. The minimum Gasteiger partial charge on any atom is -0.397 e. The summed E-state index contributed by atoms with van der Waals surface area (Å²) in [6.07, 6.45) is 2.86. The summed E-state index contributed by atoms with van der Waals surface area (Å²) >= 11 is 0. The first-order valence-corrected chi connectivity index (χ1v) is 9.88. The van der Waals surface area contributed by atoms with Crippen LogP contribution >= 0.6 is 0 Å². The average Bonchev–Trinajstić information content (AvgIpc) is 2.77. The summed E-state index contributed by atoms with van der Waals surface area (Å²) in [7, 11) is 0. The number of fused-ring (bicyclic) bond motifs is 1. The fraction of sp³-hybridized carbons (Fsp3) is 0.154. The van der Waals surface area contributed by atoms with Gasteiger partial charge in [-0.15, -0.1) is 0 Å². The second kappa shape index (κ2) is 7.51. The predicted octanol–water partition coefficient (Wildman–Crippen LogP) is 4.74. The highest BCUT2D eigenvalue weighted by atomic mass is 15.2. The molecule has 2 aromatic carbocycles. The molecule has 29 heavy (non-hydrogen) atoms. The number of benzene rings is 2. The molecule has 3 heteroatoms. The zero-order valence-electron chi connectivity index (χ0n) is 16.8. The molecule has 0 fully saturated rings. The monoisotopic (exact) mass is 381 g/mol. The van der Waals surface area contributed by atoms with E-state index in [1.54, 1.807) is 0 Å². The van der Waals surface area contributed by atoms with E-state index in [0.717, 1.165) is 65.4 Å². The van der Waals surface area contributed by atoms with Gasteiger partial charge in [0.15, 0.2) is 0 Å². The maximum Gasteiger partial charge on any atom is 0.0683 e. The van der Waals surface area contributed by atoms with Gasteiger partial charge in [-0.2, -0.15) is 0 Å². The van der Waals surface area contributed by atoms with Crippen molar-refractivity contribution >= 4 is 11.8 Å². The maximum absolute atomic E-state index is 6.15. The molecule has 2 aromatic rings. The smallest absolute Gasteiger partial charge is 0.0683 e. The topological polar surface area (TPSA) is 41.3 Å². The van der Waals surface area contributed by atoms with Crippen molar-refractivity contribution < 1.29 is 0 Å². The molecule has 2 aliphatic rings. The minimum atomic E-state index is 0.735. The summed E-state index contributed by atoms with van der Waals surface area (Å²) in [6.45, 7) is 18.7. The molecule has 0 saturated carbocycles. The van der Waals surface area contributed by atoms with Gasteiger partial charge < -0.3 is 16.0 Å². The van der Waals surface area contributed by atoms with Gasteiger partial charge in [-0.1, -0.05) is 68.8 Å². The molecular formula is C26H27N3. The van der Waals surface area contributed by atoms with Gasteiger partial charge in [0.25, 0.3) is 0 Å². The molecule has 3 N–H and O–H groups in total. The Balaban J connectivity index is 1.45. The number of nitrogens with one attached hydrogen (secondary N) is 1. The van der Waals surface area contributed by atoms with E-state index in [9.17, 15) is 0 Å². The quantitative estimate of drug-likeness (QED) is 0.759. The molecule has 4 rings (SSSR count). The first kappa shape index (κ1) is 18.9. The van der Waals surface area contributed by atoms with Gasteiger partial charge in [0.1, 0.15) is 0 Å². The highest BCUT2D eigenvalue weighted by Gasteiger charge is 2.30. The Morgan fingerprint density at radius 2 is 1.93 bits per heavy atom. The van der Waals surface area contributed by atoms with Gasteiger partial charge in [-0.05, 0) is 40.3 Å². The Labute approximate surface area is 173 Å². The second-order valence-corrected chi connectivity index (χ2v) is 7.66. The van der Waals surface area contributed by atoms with Gasteiger partial charge in [-0.25, -0.2) is 0 Å². The molecule has 1 heterocycles. The zero-order chi connectivity index (χ0) is 20.5. The SMILES string of the molecule is C=Cc1cccc(C(=C)NCc2ccc3c(c2)CN(C2=C(N)C(=C)C2=C)CC3)c1. The summed E-state index contributed by atoms with van der Waals surface area (Å²) in [5, 5.41) is 3.45. The van der Waals surface area contributed by atoms with E-state index in [1.807, 2.05) is 18.2 Å². The molecule has 0 aromatic heterocycles. The lowest BCUT2D eigenvalue weighted by Gasteiger charge is -2.39. The fourth-order valence-corrected chi connectivity index (χ4v) is 3.99. The third-order valence-corrected chi connectivity index (χ3v) is 5.81. The molecule has 0 saturated heterocycles. The number of rotatable bonds is 6. The number of allylic oxidation sites excluding steroid dienone is 2. The third kappa shape index (κ3) is 3.52. The molecule has 146 valence electrons. The van der Waals surface area contributed by atoms with E-state index in [4.69, 9.17) is 5.73 Å². The van der Waals surface area contributed by atoms with Gasteiger partial charge >= 0.3 is 0 Å². The molecule has 0 radical (unpaired) electrons. The molecule has 0 spiro atoms. The van der Waals surface area contributed by atoms with Gasteiger partial charge in [0, 0.05) is 36.5 Å². The van der Waals surface area contributed by atoms with E-state index >= 15 is 0 Å². The lowest BCUT2D eigenvalue weighted by molar-refractivity contribution is 0.320. The summed E-state index contributed by atoms with van der Waals surface area (Å²) in [4.78, 5) is 2.33. The lowest BCUT2D eigenvalue weighted by Crippen LogP contribution is -2.37. The Morgan fingerprint density at radius 1 is 1.10 bits per heavy atom. The van der Waals surface area contributed by atoms with E-state index in [1.165, 1.54) is 16.7 Å². The van der Waals surface area contributed by atoms with Crippen LogP contribution in [-0.4, -0.2) is 11.4 Å². The van der Waals surface area contributed by atoms with Crippen LogP contribution in [0.1, 0.15) is 27.8 Å². The van der Waals surface area contributed by atoms with Crippen LogP contribution in [-0.2, 0) is 19.5 Å². The Hall–Kier alpha value is -3.46. The molecule has 0 amide bonds. The highest BCUT2D eigenvalue weighted by Crippen LogP contribution is 2.38. The van der Waals surface area contributed by atoms with Gasteiger partial charge in [0.05, 0.1) is 11.4 Å². The first-order valence-electron chi connectivity index (χ1n) is 9.88. The van der Waals surface area contributed by atoms with Crippen LogP contribution in [0.15, 0.2) is 91.3 Å². The minimum absolute atomic E-state index is 0.735. The van der Waals surface area contributed by atoms with Crippen LogP contribution in [0.5, 0.6) is 0 Å². The number of nitrogens with two attached hydrogens (primary N) is 1. The number of hydrogen-bond acceptors (Lipinski definition) is 3. The van der Waals surface area contributed by atoms with Gasteiger partial charge in [-0.3, -0.25) is 0 Å². The Kier molecular flexibility index (Phi) is 4.89. The summed E-state index contributed by atoms with van der Waals surface area (Å²) in [6, 6.07) is 14.9. The largest absolute Gasteiger partial charge is 0.397 e. The van der Waals surface area contributed by atoms with Crippen molar-refractivity contribution in [3.8, 4) is 0 Å². The molecule has 3 nitrogen and oxygen atoms in total. The van der Waals surface area contributed by atoms with Crippen molar-refractivity contribution in [2.75, 3.05) is 6.54 Å². The third-order valence-electron chi connectivity index (χ3n) is 5.81. The van der Waals surface area contributed by atoms with Crippen LogP contribution < -0.4 is 11.1 Å². The zero-order valence-corrected chi connectivity index (χ0v) is 16.8. The lowest BCUT2D eigenvalue weighted by atomic mass is 9.87. The standard InChI is InChI=1S/C26H27N3/c1-5-20-7-6-8-23(13-20)19(4)28-15-21-9-10-22-11-12-29(16-24(22)14-21)26-18(3)17(2)25(26)27/h5-10,13-14,28H,1-4,11-12,15-16,27H2. The van der Waals surface area contributed by atoms with Crippen molar-refractivity contribution in [3.63, 3.8) is 0 Å². The molecule has 0 atom stereocenters. The van der Waals surface area contributed by atoms with Crippen LogP contribution in [0, 0.1) is 0 Å². The molecular weight excluding hydrogens is 354 g/mol. The average molecular weight is 382 g/mol. The van der Waals surface area contributed by atoms with Crippen molar-refractivity contribution in [2.45, 2.75) is 19.5 Å². The summed E-state index contributed by atoms with van der Waals surface area (Å²) in [5.41, 5.74) is 16.9. The van der Waals surface area contributed by atoms with Gasteiger partial charge in [0.2, 0.25) is 0 Å². The van der Waals surface area contributed by atoms with Crippen LogP contribution in [0.2, 0.25) is 0 Å². The van der Waals surface area contributed by atoms with Crippen molar-refractivity contribution in [2.24, 2.45) is 5.73 Å². The predicted molar refractivity (Wildman–Crippen MR) is 122 cm³/mol. The van der Waals surface area contributed by atoms with Crippen LogP contribution in [0.25, 0.3) is 11.8 Å². The highest BCUT2D eigenvalue weighted by molar-refractivity contribution is 5.66. The van der Waals surface area contributed by atoms with E-state index in [2.05, 4.69) is 66.9 Å². The second-order valence-electron chi connectivity index (χ2n) is 7.66. The normalized spacial score (nSPS) is 15.7. The van der Waals surface area contributed by atoms with Crippen molar-refractivity contribution in [1.29, 1.82) is 0 Å². The number of hydrogen-bond donors (Lipinski definition) is 2. The van der Waals surface area contributed by atoms with Crippen LogP contribution in [0.4, 0.5) is 0 Å². The first-order chi connectivity index (χ1) is 14.0. The fourth-order valence-electron chi connectivity index (χ4n) is 3.99. The summed E-state index contributed by atoms with van der Waals surface area (Å²) < 4.78 is 0. The van der Waals surface area contributed by atoms with Crippen LogP contribution in [0.3, 0.4) is 0 Å². The van der Waals surface area contributed by atoms with E-state index < -0.39 is 0 Å². The summed E-state index contributed by atoms with van der Waals surface area (Å²) in [5.74, 6) is 0. The molecule has 1 aliphatic heterocycles. The maximum atomic E-state index is 6.15. The Morgan fingerprint density at radius 3 is 2.69 bits per heavy atom. The number of nitrogens with zero attached hydrogens (tertiary/aromatic N) is 1. The molecule has 0 bridgehead atoms. The van der Waals surface area contributed by atoms with Crippen molar-refractivity contribution in [3.05, 3.63) is 119 Å². The van der Waals surface area contributed by atoms with Crippen molar-refractivity contribution in [1.82, 2.24) is 10.2 Å². The Bertz CT molecular complexity index is 1070.